The van der Waals surface area contributed by atoms with Crippen molar-refractivity contribution in [2.24, 2.45) is 5.73 Å². The van der Waals surface area contributed by atoms with E-state index in [1.807, 2.05) is 6.07 Å². The Bertz CT molecular complexity index is 411. The fourth-order valence-electron chi connectivity index (χ4n) is 2.62. The van der Waals surface area contributed by atoms with Crippen LogP contribution in [0, 0.1) is 0 Å². The summed E-state index contributed by atoms with van der Waals surface area (Å²) in [6, 6.07) is 4.06. The largest absolute Gasteiger partial charge is 0.493 e. The Kier molecular flexibility index (Phi) is 3.29. The predicted octanol–water partition coefficient (Wildman–Crippen LogP) is 2.60. The first-order valence-corrected chi connectivity index (χ1v) is 6.19. The lowest BCUT2D eigenvalue weighted by atomic mass is 9.70. The summed E-state index contributed by atoms with van der Waals surface area (Å²) in [6.07, 6.45) is 4.22. The molecule has 0 bridgehead atoms. The molecular formula is C14H21NO2. The van der Waals surface area contributed by atoms with Gasteiger partial charge in [0.05, 0.1) is 14.2 Å². The zero-order valence-electron chi connectivity index (χ0n) is 10.9. The van der Waals surface area contributed by atoms with Crippen LogP contribution in [0.4, 0.5) is 0 Å². The highest BCUT2D eigenvalue weighted by molar-refractivity contribution is 5.54. The molecule has 17 heavy (non-hydrogen) atoms. The highest BCUT2D eigenvalue weighted by Gasteiger charge is 2.39. The first-order valence-electron chi connectivity index (χ1n) is 6.19. The Morgan fingerprint density at radius 3 is 2.35 bits per heavy atom. The molecule has 0 amide bonds. The molecule has 94 valence electrons. The Morgan fingerprint density at radius 1 is 1.24 bits per heavy atom. The van der Waals surface area contributed by atoms with Crippen molar-refractivity contribution in [3.05, 3.63) is 23.3 Å². The van der Waals surface area contributed by atoms with Crippen LogP contribution in [-0.2, 0) is 12.0 Å². The van der Waals surface area contributed by atoms with Gasteiger partial charge in [-0.1, -0.05) is 13.0 Å². The molecule has 0 heterocycles. The lowest BCUT2D eigenvalue weighted by molar-refractivity contribution is 0.238. The third-order valence-electron chi connectivity index (χ3n) is 3.76. The molecule has 0 spiro atoms. The molecule has 0 unspecified atom stereocenters. The maximum Gasteiger partial charge on any atom is 0.166 e. The van der Waals surface area contributed by atoms with Gasteiger partial charge >= 0.3 is 0 Å². The van der Waals surface area contributed by atoms with E-state index in [1.54, 1.807) is 14.2 Å². The van der Waals surface area contributed by atoms with Gasteiger partial charge in [-0.2, -0.15) is 0 Å². The standard InChI is InChI=1S/C14H21NO2/c1-4-10-6-7-11(16-2)13(17-3)12(10)14(15)8-5-9-14/h6-7H,4-5,8-9,15H2,1-3H3. The molecule has 1 aliphatic carbocycles. The van der Waals surface area contributed by atoms with Gasteiger partial charge in [0.15, 0.2) is 11.5 Å². The van der Waals surface area contributed by atoms with Gasteiger partial charge < -0.3 is 15.2 Å². The highest BCUT2D eigenvalue weighted by atomic mass is 16.5. The van der Waals surface area contributed by atoms with E-state index < -0.39 is 0 Å². The van der Waals surface area contributed by atoms with E-state index in [0.29, 0.717) is 0 Å². The monoisotopic (exact) mass is 235 g/mol. The van der Waals surface area contributed by atoms with Gasteiger partial charge in [-0.25, -0.2) is 0 Å². The van der Waals surface area contributed by atoms with Crippen LogP contribution in [0.15, 0.2) is 12.1 Å². The molecule has 2 rings (SSSR count). The van der Waals surface area contributed by atoms with Crippen LogP contribution in [0.3, 0.4) is 0 Å². The molecule has 0 saturated heterocycles. The maximum absolute atomic E-state index is 6.46. The number of ether oxygens (including phenoxy) is 2. The average molecular weight is 235 g/mol. The Balaban J connectivity index is 2.59. The van der Waals surface area contributed by atoms with E-state index >= 15 is 0 Å². The van der Waals surface area contributed by atoms with E-state index in [1.165, 1.54) is 12.0 Å². The van der Waals surface area contributed by atoms with Crippen molar-refractivity contribution in [1.82, 2.24) is 0 Å². The van der Waals surface area contributed by atoms with Crippen molar-refractivity contribution < 1.29 is 9.47 Å². The zero-order valence-corrected chi connectivity index (χ0v) is 10.9. The smallest absolute Gasteiger partial charge is 0.166 e. The minimum absolute atomic E-state index is 0.217. The molecule has 1 aliphatic rings. The number of hydrogen-bond acceptors (Lipinski definition) is 3. The average Bonchev–Trinajstić information content (AvgIpc) is 2.33. The SMILES string of the molecule is CCc1ccc(OC)c(OC)c1C1(N)CCC1. The molecule has 1 fully saturated rings. The van der Waals surface area contributed by atoms with Crippen molar-refractivity contribution in [2.75, 3.05) is 14.2 Å². The second kappa shape index (κ2) is 4.57. The Labute approximate surface area is 103 Å². The van der Waals surface area contributed by atoms with Gasteiger partial charge in [-0.05, 0) is 37.3 Å². The summed E-state index contributed by atoms with van der Waals surface area (Å²) in [4.78, 5) is 0. The summed E-state index contributed by atoms with van der Waals surface area (Å²) >= 11 is 0. The number of rotatable bonds is 4. The summed E-state index contributed by atoms with van der Waals surface area (Å²) in [5.41, 5.74) is 8.66. The van der Waals surface area contributed by atoms with Gasteiger partial charge in [0, 0.05) is 11.1 Å². The van der Waals surface area contributed by atoms with Crippen LogP contribution in [0.2, 0.25) is 0 Å². The third-order valence-corrected chi connectivity index (χ3v) is 3.76. The van der Waals surface area contributed by atoms with Crippen LogP contribution in [0.5, 0.6) is 11.5 Å². The molecule has 0 aliphatic heterocycles. The maximum atomic E-state index is 6.46. The summed E-state index contributed by atoms with van der Waals surface area (Å²) < 4.78 is 10.9. The number of nitrogens with two attached hydrogens (primary N) is 1. The molecule has 3 heteroatoms. The fourth-order valence-corrected chi connectivity index (χ4v) is 2.62. The van der Waals surface area contributed by atoms with Crippen LogP contribution in [-0.4, -0.2) is 14.2 Å². The molecule has 0 aromatic heterocycles. The second-order valence-corrected chi connectivity index (χ2v) is 4.70. The molecular weight excluding hydrogens is 214 g/mol. The van der Waals surface area contributed by atoms with Gasteiger partial charge in [-0.3, -0.25) is 0 Å². The summed E-state index contributed by atoms with van der Waals surface area (Å²) in [6.45, 7) is 2.15. The van der Waals surface area contributed by atoms with Gasteiger partial charge in [0.25, 0.3) is 0 Å². The summed E-state index contributed by atoms with van der Waals surface area (Å²) in [5.74, 6) is 1.59. The van der Waals surface area contributed by atoms with E-state index in [0.717, 1.165) is 36.3 Å². The lowest BCUT2D eigenvalue weighted by Crippen LogP contribution is -2.44. The minimum Gasteiger partial charge on any atom is -0.493 e. The van der Waals surface area contributed by atoms with E-state index in [9.17, 15) is 0 Å². The van der Waals surface area contributed by atoms with Crippen molar-refractivity contribution in [1.29, 1.82) is 0 Å². The van der Waals surface area contributed by atoms with Crippen LogP contribution in [0.25, 0.3) is 0 Å². The summed E-state index contributed by atoms with van der Waals surface area (Å²) in [5, 5.41) is 0. The predicted molar refractivity (Wildman–Crippen MR) is 68.6 cm³/mol. The first-order chi connectivity index (χ1) is 8.16. The second-order valence-electron chi connectivity index (χ2n) is 4.70. The molecule has 1 aromatic carbocycles. The minimum atomic E-state index is -0.217. The lowest BCUT2D eigenvalue weighted by Gasteiger charge is -2.40. The van der Waals surface area contributed by atoms with Crippen molar-refractivity contribution in [3.63, 3.8) is 0 Å². The van der Waals surface area contributed by atoms with E-state index in [-0.39, 0.29) is 5.54 Å². The highest BCUT2D eigenvalue weighted by Crippen LogP contribution is 2.47. The quantitative estimate of drug-likeness (QED) is 0.872. The summed E-state index contributed by atoms with van der Waals surface area (Å²) in [7, 11) is 3.35. The number of aryl methyl sites for hydroxylation is 1. The molecule has 0 atom stereocenters. The molecule has 2 N–H and O–H groups in total. The number of hydrogen-bond donors (Lipinski definition) is 1. The van der Waals surface area contributed by atoms with E-state index in [4.69, 9.17) is 15.2 Å². The molecule has 1 saturated carbocycles. The van der Waals surface area contributed by atoms with Gasteiger partial charge in [-0.15, -0.1) is 0 Å². The van der Waals surface area contributed by atoms with Gasteiger partial charge in [0.2, 0.25) is 0 Å². The van der Waals surface area contributed by atoms with Crippen molar-refractivity contribution >= 4 is 0 Å². The molecule has 3 nitrogen and oxygen atoms in total. The number of benzene rings is 1. The van der Waals surface area contributed by atoms with Gasteiger partial charge in [0.1, 0.15) is 0 Å². The number of methoxy groups -OCH3 is 2. The van der Waals surface area contributed by atoms with Crippen LogP contribution in [0.1, 0.15) is 37.3 Å². The van der Waals surface area contributed by atoms with E-state index in [2.05, 4.69) is 13.0 Å². The van der Waals surface area contributed by atoms with Crippen molar-refractivity contribution in [2.45, 2.75) is 38.1 Å². The third kappa shape index (κ3) is 1.89. The van der Waals surface area contributed by atoms with Crippen molar-refractivity contribution in [3.8, 4) is 11.5 Å². The zero-order chi connectivity index (χ0) is 12.5. The molecule has 1 aromatic rings. The Hall–Kier alpha value is -1.22. The van der Waals surface area contributed by atoms with Crippen LogP contribution >= 0.6 is 0 Å². The Morgan fingerprint density at radius 2 is 1.94 bits per heavy atom. The van der Waals surface area contributed by atoms with Crippen LogP contribution < -0.4 is 15.2 Å². The fraction of sp³-hybridized carbons (Fsp3) is 0.571. The normalized spacial score (nSPS) is 17.4. The first kappa shape index (κ1) is 12.2. The topological polar surface area (TPSA) is 44.5 Å². The molecule has 0 radical (unpaired) electrons.